The fourth-order valence-electron chi connectivity index (χ4n) is 1.41. The van der Waals surface area contributed by atoms with E-state index in [0.717, 1.165) is 5.82 Å². The van der Waals surface area contributed by atoms with Gasteiger partial charge in [0.25, 0.3) is 0 Å². The summed E-state index contributed by atoms with van der Waals surface area (Å²) in [5, 5.41) is 17.4. The van der Waals surface area contributed by atoms with Gasteiger partial charge in [-0.05, 0) is 19.3 Å². The minimum absolute atomic E-state index is 0.00892. The molecule has 96 valence electrons. The summed E-state index contributed by atoms with van der Waals surface area (Å²) in [5.41, 5.74) is 0.0751. The van der Waals surface area contributed by atoms with E-state index < -0.39 is 5.97 Å². The molecule has 0 aliphatic carbocycles. The van der Waals surface area contributed by atoms with Crippen molar-refractivity contribution in [2.45, 2.75) is 45.8 Å². The van der Waals surface area contributed by atoms with Crippen molar-refractivity contribution in [1.82, 2.24) is 14.8 Å². The van der Waals surface area contributed by atoms with Crippen LogP contribution in [-0.2, 0) is 4.79 Å². The molecule has 0 fully saturated rings. The maximum absolute atomic E-state index is 10.6. The lowest BCUT2D eigenvalue weighted by atomic mass is 9.88. The molecule has 0 aliphatic heterocycles. The summed E-state index contributed by atoms with van der Waals surface area (Å²) in [6, 6.07) is 0.216. The number of carboxylic acid groups (broad SMARTS) is 1. The molecule has 0 aliphatic rings. The first-order valence-electron chi connectivity index (χ1n) is 5.49. The molecule has 1 aromatic rings. The number of rotatable bonds is 4. The maximum atomic E-state index is 10.6. The van der Waals surface area contributed by atoms with Crippen molar-refractivity contribution < 1.29 is 9.90 Å². The van der Waals surface area contributed by atoms with Crippen LogP contribution < -0.4 is 0 Å². The van der Waals surface area contributed by atoms with Gasteiger partial charge in [-0.2, -0.15) is 0 Å². The van der Waals surface area contributed by atoms with E-state index >= 15 is 0 Å². The molecule has 0 spiro atoms. The van der Waals surface area contributed by atoms with Crippen molar-refractivity contribution in [3.05, 3.63) is 5.82 Å². The van der Waals surface area contributed by atoms with E-state index in [-0.39, 0.29) is 17.2 Å². The standard InChI is InChI=1S/C11H19N3O2S/c1-7(11(3,4)5)14-8(2)12-13-10(14)17-6-9(15)16/h7H,6H2,1-5H3,(H,15,16). The lowest BCUT2D eigenvalue weighted by Gasteiger charge is -2.29. The summed E-state index contributed by atoms with van der Waals surface area (Å²) in [7, 11) is 0. The SMILES string of the molecule is Cc1nnc(SCC(=O)O)n1C(C)C(C)(C)C. The van der Waals surface area contributed by atoms with Gasteiger partial charge in [0.1, 0.15) is 5.82 Å². The average Bonchev–Trinajstić information content (AvgIpc) is 2.54. The van der Waals surface area contributed by atoms with Crippen LogP contribution in [0.3, 0.4) is 0 Å². The van der Waals surface area contributed by atoms with Crippen molar-refractivity contribution in [2.75, 3.05) is 5.75 Å². The molecule has 6 heteroatoms. The number of aliphatic carboxylic acids is 1. The summed E-state index contributed by atoms with van der Waals surface area (Å²) >= 11 is 1.21. The number of aryl methyl sites for hydroxylation is 1. The summed E-state index contributed by atoms with van der Waals surface area (Å²) in [5.74, 6) is -0.0134. The zero-order valence-corrected chi connectivity index (χ0v) is 11.7. The molecule has 0 bridgehead atoms. The lowest BCUT2D eigenvalue weighted by molar-refractivity contribution is -0.133. The van der Waals surface area contributed by atoms with Crippen LogP contribution in [-0.4, -0.2) is 31.6 Å². The molecule has 1 aromatic heterocycles. The highest BCUT2D eigenvalue weighted by Crippen LogP contribution is 2.33. The van der Waals surface area contributed by atoms with E-state index in [1.807, 2.05) is 11.5 Å². The van der Waals surface area contributed by atoms with E-state index in [2.05, 4.69) is 37.9 Å². The van der Waals surface area contributed by atoms with Gasteiger partial charge >= 0.3 is 5.97 Å². The monoisotopic (exact) mass is 257 g/mol. The molecule has 0 amide bonds. The Kier molecular flexibility index (Phi) is 4.19. The fraction of sp³-hybridized carbons (Fsp3) is 0.727. The molecule has 1 unspecified atom stereocenters. The minimum Gasteiger partial charge on any atom is -0.481 e. The van der Waals surface area contributed by atoms with Gasteiger partial charge in [0.2, 0.25) is 0 Å². The summed E-state index contributed by atoms with van der Waals surface area (Å²) < 4.78 is 2.01. The zero-order chi connectivity index (χ0) is 13.2. The van der Waals surface area contributed by atoms with Crippen LogP contribution in [0.5, 0.6) is 0 Å². The number of hydrogen-bond acceptors (Lipinski definition) is 4. The number of aromatic nitrogens is 3. The van der Waals surface area contributed by atoms with Crippen molar-refractivity contribution in [1.29, 1.82) is 0 Å². The molecular weight excluding hydrogens is 238 g/mol. The van der Waals surface area contributed by atoms with Gasteiger partial charge in [0.05, 0.1) is 5.75 Å². The predicted octanol–water partition coefficient (Wildman–Crippen LogP) is 2.37. The molecule has 0 saturated heterocycles. The van der Waals surface area contributed by atoms with Gasteiger partial charge in [0.15, 0.2) is 5.16 Å². The highest BCUT2D eigenvalue weighted by atomic mass is 32.2. The zero-order valence-electron chi connectivity index (χ0n) is 10.9. The molecule has 1 N–H and O–H groups in total. The molecule has 1 heterocycles. The Morgan fingerprint density at radius 3 is 2.53 bits per heavy atom. The molecule has 1 atom stereocenters. The van der Waals surface area contributed by atoms with Gasteiger partial charge in [-0.25, -0.2) is 0 Å². The lowest BCUT2D eigenvalue weighted by Crippen LogP contribution is -2.23. The third-order valence-corrected chi connectivity index (χ3v) is 3.73. The van der Waals surface area contributed by atoms with Crippen LogP contribution in [0.15, 0.2) is 5.16 Å². The number of carbonyl (C=O) groups is 1. The van der Waals surface area contributed by atoms with Crippen molar-refractivity contribution in [3.8, 4) is 0 Å². The second kappa shape index (κ2) is 5.08. The first kappa shape index (κ1) is 14.0. The molecule has 0 radical (unpaired) electrons. The Balaban J connectivity index is 2.98. The Morgan fingerprint density at radius 2 is 2.06 bits per heavy atom. The second-order valence-electron chi connectivity index (χ2n) is 5.12. The summed E-state index contributed by atoms with van der Waals surface area (Å²) in [6.07, 6.45) is 0. The number of nitrogens with zero attached hydrogens (tertiary/aromatic N) is 3. The average molecular weight is 257 g/mol. The first-order valence-corrected chi connectivity index (χ1v) is 6.48. The third-order valence-electron chi connectivity index (χ3n) is 2.80. The Labute approximate surface area is 106 Å². The quantitative estimate of drug-likeness (QED) is 0.839. The van der Waals surface area contributed by atoms with Crippen LogP contribution >= 0.6 is 11.8 Å². The van der Waals surface area contributed by atoms with Gasteiger partial charge in [-0.3, -0.25) is 4.79 Å². The predicted molar refractivity (Wildman–Crippen MR) is 67.3 cm³/mol. The van der Waals surface area contributed by atoms with Gasteiger partial charge in [-0.15, -0.1) is 10.2 Å². The summed E-state index contributed by atoms with van der Waals surface area (Å²) in [6.45, 7) is 10.4. The number of carboxylic acids is 1. The molecule has 0 aromatic carbocycles. The molecule has 5 nitrogen and oxygen atoms in total. The highest BCUT2D eigenvalue weighted by molar-refractivity contribution is 7.99. The van der Waals surface area contributed by atoms with Crippen molar-refractivity contribution in [2.24, 2.45) is 5.41 Å². The normalized spacial score (nSPS) is 13.7. The van der Waals surface area contributed by atoms with E-state index in [4.69, 9.17) is 5.11 Å². The molecule has 17 heavy (non-hydrogen) atoms. The van der Waals surface area contributed by atoms with Gasteiger partial charge in [0, 0.05) is 6.04 Å². The van der Waals surface area contributed by atoms with Gasteiger partial charge < -0.3 is 9.67 Å². The Hall–Kier alpha value is -1.04. The van der Waals surface area contributed by atoms with E-state index in [0.29, 0.717) is 5.16 Å². The van der Waals surface area contributed by atoms with Crippen LogP contribution in [0.25, 0.3) is 0 Å². The van der Waals surface area contributed by atoms with E-state index in [1.165, 1.54) is 11.8 Å². The third kappa shape index (κ3) is 3.46. The number of hydrogen-bond donors (Lipinski definition) is 1. The minimum atomic E-state index is -0.842. The van der Waals surface area contributed by atoms with E-state index in [9.17, 15) is 4.79 Å². The summed E-state index contributed by atoms with van der Waals surface area (Å²) in [4.78, 5) is 10.6. The van der Waals surface area contributed by atoms with Crippen LogP contribution in [0.2, 0.25) is 0 Å². The molecule has 1 rings (SSSR count). The van der Waals surface area contributed by atoms with E-state index in [1.54, 1.807) is 0 Å². The van der Waals surface area contributed by atoms with Crippen molar-refractivity contribution >= 4 is 17.7 Å². The smallest absolute Gasteiger partial charge is 0.313 e. The van der Waals surface area contributed by atoms with Gasteiger partial charge in [-0.1, -0.05) is 32.5 Å². The van der Waals surface area contributed by atoms with Crippen molar-refractivity contribution in [3.63, 3.8) is 0 Å². The Bertz CT molecular complexity index is 409. The maximum Gasteiger partial charge on any atom is 0.313 e. The topological polar surface area (TPSA) is 68.0 Å². The second-order valence-corrected chi connectivity index (χ2v) is 6.07. The number of thioether (sulfide) groups is 1. The van der Waals surface area contributed by atoms with Crippen LogP contribution in [0.1, 0.15) is 39.6 Å². The molecular formula is C11H19N3O2S. The highest BCUT2D eigenvalue weighted by Gasteiger charge is 2.26. The van der Waals surface area contributed by atoms with Crippen LogP contribution in [0, 0.1) is 12.3 Å². The Morgan fingerprint density at radius 1 is 1.47 bits per heavy atom. The fourth-order valence-corrected chi connectivity index (χ4v) is 2.19. The first-order chi connectivity index (χ1) is 7.73. The van der Waals surface area contributed by atoms with Crippen LogP contribution in [0.4, 0.5) is 0 Å². The largest absolute Gasteiger partial charge is 0.481 e. The molecule has 0 saturated carbocycles.